The summed E-state index contributed by atoms with van der Waals surface area (Å²) < 4.78 is 23.8. The Kier molecular flexibility index (Phi) is 4.31. The molecule has 3 rings (SSSR count). The maximum absolute atomic E-state index is 13.4. The number of likely N-dealkylation sites (tertiary alicyclic amines) is 1. The lowest BCUT2D eigenvalue weighted by Crippen LogP contribution is -2.49. The predicted molar refractivity (Wildman–Crippen MR) is 77.0 cm³/mol. The van der Waals surface area contributed by atoms with Gasteiger partial charge in [-0.05, 0) is 44.1 Å². The van der Waals surface area contributed by atoms with E-state index in [1.54, 1.807) is 6.07 Å². The molecule has 1 aromatic carbocycles. The lowest BCUT2D eigenvalue weighted by atomic mass is 9.92. The number of carbonyl (C=O) groups excluding carboxylic acids is 1. The van der Waals surface area contributed by atoms with E-state index >= 15 is 0 Å². The molecule has 0 spiro atoms. The maximum atomic E-state index is 13.4. The Morgan fingerprint density at radius 2 is 2.14 bits per heavy atom. The summed E-state index contributed by atoms with van der Waals surface area (Å²) in [6.07, 6.45) is 0.617. The Balaban J connectivity index is 1.68. The number of methoxy groups -OCH3 is 1. The zero-order valence-corrected chi connectivity index (χ0v) is 12.5. The zero-order valence-electron chi connectivity index (χ0n) is 12.5. The summed E-state index contributed by atoms with van der Waals surface area (Å²) in [5.74, 6) is -0.0961. The van der Waals surface area contributed by atoms with Gasteiger partial charge < -0.3 is 14.6 Å². The smallest absolute Gasteiger partial charge is 0.308 e. The molecule has 0 saturated carbocycles. The van der Waals surface area contributed by atoms with Crippen LogP contribution in [0.4, 0.5) is 4.39 Å². The molecule has 2 atom stereocenters. The van der Waals surface area contributed by atoms with E-state index in [1.807, 2.05) is 0 Å². The quantitative estimate of drug-likeness (QED) is 0.839. The molecule has 0 radical (unpaired) electrons. The van der Waals surface area contributed by atoms with Crippen LogP contribution in [0.2, 0.25) is 0 Å². The van der Waals surface area contributed by atoms with Gasteiger partial charge in [-0.1, -0.05) is 0 Å². The highest BCUT2D eigenvalue weighted by atomic mass is 19.1. The molecule has 0 aromatic heterocycles. The summed E-state index contributed by atoms with van der Waals surface area (Å²) in [6, 6.07) is 3.99. The first-order valence-corrected chi connectivity index (χ1v) is 7.52. The number of hydrogen-bond donors (Lipinski definition) is 1. The zero-order chi connectivity index (χ0) is 15.7. The molecule has 1 aromatic rings. The molecule has 1 N–H and O–H groups in total. The van der Waals surface area contributed by atoms with Crippen molar-refractivity contribution in [3.8, 4) is 5.75 Å². The molecule has 22 heavy (non-hydrogen) atoms. The van der Waals surface area contributed by atoms with Gasteiger partial charge in [0, 0.05) is 5.56 Å². The van der Waals surface area contributed by atoms with Crippen molar-refractivity contribution in [3.63, 3.8) is 0 Å². The van der Waals surface area contributed by atoms with E-state index in [4.69, 9.17) is 9.47 Å². The second-order valence-corrected chi connectivity index (χ2v) is 5.84. The van der Waals surface area contributed by atoms with Crippen LogP contribution >= 0.6 is 0 Å². The van der Waals surface area contributed by atoms with Gasteiger partial charge in [0.15, 0.2) is 0 Å². The van der Waals surface area contributed by atoms with Gasteiger partial charge in [0.1, 0.15) is 24.3 Å². The number of fused-ring (bicyclic) bond motifs is 1. The molecular weight excluding hydrogens is 289 g/mol. The fraction of sp³-hybridized carbons (Fsp3) is 0.562. The number of benzene rings is 1. The fourth-order valence-corrected chi connectivity index (χ4v) is 3.29. The van der Waals surface area contributed by atoms with Crippen molar-refractivity contribution in [1.82, 2.24) is 4.90 Å². The molecular formula is C16H20FNO4. The number of hydrogen-bond acceptors (Lipinski definition) is 5. The van der Waals surface area contributed by atoms with E-state index in [-0.39, 0.29) is 23.7 Å². The lowest BCUT2D eigenvalue weighted by Gasteiger charge is -2.41. The molecule has 120 valence electrons. The second kappa shape index (κ2) is 6.22. The maximum Gasteiger partial charge on any atom is 0.308 e. The second-order valence-electron chi connectivity index (χ2n) is 5.84. The molecule has 1 fully saturated rings. The first-order valence-electron chi connectivity index (χ1n) is 7.52. The van der Waals surface area contributed by atoms with Crippen molar-refractivity contribution in [2.45, 2.75) is 25.0 Å². The van der Waals surface area contributed by atoms with E-state index in [0.717, 1.165) is 0 Å². The van der Waals surface area contributed by atoms with Gasteiger partial charge in [0.05, 0.1) is 19.1 Å². The number of aliphatic hydroxyl groups is 1. The lowest BCUT2D eigenvalue weighted by molar-refractivity contribution is -0.147. The number of aliphatic hydroxyl groups excluding tert-OH is 1. The number of esters is 1. The molecule has 5 nitrogen and oxygen atoms in total. The van der Waals surface area contributed by atoms with Crippen molar-refractivity contribution < 1.29 is 23.8 Å². The Morgan fingerprint density at radius 3 is 2.82 bits per heavy atom. The van der Waals surface area contributed by atoms with Crippen molar-refractivity contribution in [1.29, 1.82) is 0 Å². The first-order chi connectivity index (χ1) is 10.6. The minimum absolute atomic E-state index is 0.0763. The molecule has 0 bridgehead atoms. The van der Waals surface area contributed by atoms with Crippen molar-refractivity contribution in [2.75, 3.05) is 26.8 Å². The number of nitrogens with zero attached hydrogens (tertiary/aromatic N) is 1. The van der Waals surface area contributed by atoms with Crippen LogP contribution in [0.3, 0.4) is 0 Å². The van der Waals surface area contributed by atoms with Crippen LogP contribution in [0.5, 0.6) is 5.75 Å². The first kappa shape index (κ1) is 15.2. The summed E-state index contributed by atoms with van der Waals surface area (Å²) in [7, 11) is 1.40. The average molecular weight is 309 g/mol. The molecule has 2 heterocycles. The Bertz CT molecular complexity index is 557. The highest BCUT2D eigenvalue weighted by Gasteiger charge is 2.37. The number of piperidine rings is 1. The van der Waals surface area contributed by atoms with Gasteiger partial charge in [0.25, 0.3) is 0 Å². The Morgan fingerprint density at radius 1 is 1.41 bits per heavy atom. The summed E-state index contributed by atoms with van der Waals surface area (Å²) in [5, 5.41) is 10.5. The highest BCUT2D eigenvalue weighted by molar-refractivity contribution is 5.72. The third-order valence-electron chi connectivity index (χ3n) is 4.60. The van der Waals surface area contributed by atoms with Crippen LogP contribution in [0.1, 0.15) is 24.5 Å². The topological polar surface area (TPSA) is 59.0 Å². The summed E-state index contributed by atoms with van der Waals surface area (Å²) >= 11 is 0. The highest BCUT2D eigenvalue weighted by Crippen LogP contribution is 2.36. The van der Waals surface area contributed by atoms with Crippen LogP contribution in [-0.2, 0) is 9.53 Å². The van der Waals surface area contributed by atoms with Crippen LogP contribution in [0, 0.1) is 11.7 Å². The van der Waals surface area contributed by atoms with E-state index in [0.29, 0.717) is 43.9 Å². The van der Waals surface area contributed by atoms with E-state index < -0.39 is 6.10 Å². The van der Waals surface area contributed by atoms with Gasteiger partial charge in [-0.15, -0.1) is 0 Å². The molecule has 2 aliphatic rings. The van der Waals surface area contributed by atoms with Crippen LogP contribution in [0.25, 0.3) is 0 Å². The van der Waals surface area contributed by atoms with Crippen molar-refractivity contribution in [3.05, 3.63) is 29.6 Å². The average Bonchev–Trinajstić information content (AvgIpc) is 2.55. The summed E-state index contributed by atoms with van der Waals surface area (Å²) in [4.78, 5) is 13.7. The largest absolute Gasteiger partial charge is 0.491 e. The van der Waals surface area contributed by atoms with Gasteiger partial charge in [0.2, 0.25) is 0 Å². The predicted octanol–water partition coefficient (Wildman–Crippen LogP) is 1.51. The monoisotopic (exact) mass is 309 g/mol. The van der Waals surface area contributed by atoms with Crippen LogP contribution in [-0.4, -0.2) is 48.8 Å². The van der Waals surface area contributed by atoms with E-state index in [2.05, 4.69) is 4.90 Å². The molecule has 2 aliphatic heterocycles. The summed E-state index contributed by atoms with van der Waals surface area (Å²) in [6.45, 7) is 1.74. The minimum atomic E-state index is -0.783. The van der Waals surface area contributed by atoms with Crippen LogP contribution in [0.15, 0.2) is 18.2 Å². The molecule has 1 saturated heterocycles. The summed E-state index contributed by atoms with van der Waals surface area (Å²) in [5.41, 5.74) is 0.492. The minimum Gasteiger partial charge on any atom is -0.491 e. The molecule has 2 unspecified atom stereocenters. The van der Waals surface area contributed by atoms with Gasteiger partial charge in [-0.25, -0.2) is 4.39 Å². The number of rotatable bonds is 2. The van der Waals surface area contributed by atoms with Crippen LogP contribution < -0.4 is 4.74 Å². The Hall–Kier alpha value is -1.66. The molecule has 6 heteroatoms. The molecule has 0 amide bonds. The number of ether oxygens (including phenoxy) is 2. The standard InChI is InChI=1S/C16H20FNO4/c1-21-16(20)10-4-6-18(7-5-10)13-9-22-14-3-2-11(17)8-12(14)15(13)19/h2-3,8,10,13,15,19H,4-7,9H2,1H3. The van der Waals surface area contributed by atoms with Crippen molar-refractivity contribution >= 4 is 5.97 Å². The van der Waals surface area contributed by atoms with Gasteiger partial charge >= 0.3 is 5.97 Å². The van der Waals surface area contributed by atoms with Gasteiger partial charge in [-0.3, -0.25) is 9.69 Å². The number of carbonyl (C=O) groups is 1. The Labute approximate surface area is 128 Å². The third kappa shape index (κ3) is 2.80. The SMILES string of the molecule is COC(=O)C1CCN(C2COc3ccc(F)cc3C2O)CC1. The third-order valence-corrected chi connectivity index (χ3v) is 4.60. The number of halogens is 1. The van der Waals surface area contributed by atoms with E-state index in [1.165, 1.54) is 19.2 Å². The normalized spacial score (nSPS) is 26.1. The molecule has 0 aliphatic carbocycles. The van der Waals surface area contributed by atoms with E-state index in [9.17, 15) is 14.3 Å². The van der Waals surface area contributed by atoms with Gasteiger partial charge in [-0.2, -0.15) is 0 Å². The van der Waals surface area contributed by atoms with Crippen molar-refractivity contribution in [2.24, 2.45) is 5.92 Å². The fourth-order valence-electron chi connectivity index (χ4n) is 3.29.